The second-order valence-corrected chi connectivity index (χ2v) is 4.93. The molecule has 0 saturated heterocycles. The van der Waals surface area contributed by atoms with E-state index in [1.807, 2.05) is 0 Å². The summed E-state index contributed by atoms with van der Waals surface area (Å²) in [5, 5.41) is 7.16. The Hall–Kier alpha value is -1.71. The lowest BCUT2D eigenvalue weighted by molar-refractivity contribution is 0.0951. The molecule has 0 aliphatic carbocycles. The zero-order valence-corrected chi connectivity index (χ0v) is 9.70. The highest BCUT2D eigenvalue weighted by Crippen LogP contribution is 2.05. The average molecular weight is 259 g/mol. The molecular formula is C8H13N5O3S. The summed E-state index contributed by atoms with van der Waals surface area (Å²) < 4.78 is 21.3. The van der Waals surface area contributed by atoms with Crippen LogP contribution in [0.4, 0.5) is 5.69 Å². The zero-order valence-electron chi connectivity index (χ0n) is 8.88. The van der Waals surface area contributed by atoms with E-state index in [0.29, 0.717) is 5.69 Å². The molecule has 1 aromatic rings. The predicted octanol–water partition coefficient (Wildman–Crippen LogP) is -1.61. The highest BCUT2D eigenvalue weighted by atomic mass is 32.2. The molecule has 17 heavy (non-hydrogen) atoms. The van der Waals surface area contributed by atoms with Gasteiger partial charge in [-0.05, 0) is 12.1 Å². The van der Waals surface area contributed by atoms with Crippen molar-refractivity contribution in [2.75, 3.05) is 17.7 Å². The number of hydrogen-bond donors (Lipinski definition) is 4. The van der Waals surface area contributed by atoms with E-state index in [1.54, 1.807) is 6.07 Å². The largest absolute Gasteiger partial charge is 0.350 e. The van der Waals surface area contributed by atoms with Crippen molar-refractivity contribution in [3.8, 4) is 0 Å². The van der Waals surface area contributed by atoms with Gasteiger partial charge in [-0.15, -0.1) is 0 Å². The molecule has 0 fully saturated rings. The Morgan fingerprint density at radius 3 is 2.76 bits per heavy atom. The predicted molar refractivity (Wildman–Crippen MR) is 62.4 cm³/mol. The fraction of sp³-hybridized carbons (Fsp3) is 0.250. The van der Waals surface area contributed by atoms with Crippen molar-refractivity contribution in [3.63, 3.8) is 0 Å². The van der Waals surface area contributed by atoms with Crippen molar-refractivity contribution >= 4 is 21.6 Å². The summed E-state index contributed by atoms with van der Waals surface area (Å²) >= 11 is 0. The highest BCUT2D eigenvalue weighted by molar-refractivity contribution is 7.89. The molecule has 0 aliphatic rings. The monoisotopic (exact) mass is 259 g/mol. The number of amides is 1. The van der Waals surface area contributed by atoms with Gasteiger partial charge in [-0.2, -0.15) is 0 Å². The molecule has 1 rings (SSSR count). The minimum absolute atomic E-state index is 0.0698. The lowest BCUT2D eigenvalue weighted by Gasteiger charge is -2.05. The van der Waals surface area contributed by atoms with Crippen molar-refractivity contribution in [2.24, 2.45) is 11.0 Å². The van der Waals surface area contributed by atoms with E-state index in [0.717, 1.165) is 0 Å². The van der Waals surface area contributed by atoms with Crippen LogP contribution in [0.3, 0.4) is 0 Å². The number of pyridine rings is 1. The maximum atomic E-state index is 11.5. The normalized spacial score (nSPS) is 10.9. The van der Waals surface area contributed by atoms with Gasteiger partial charge in [0, 0.05) is 12.7 Å². The van der Waals surface area contributed by atoms with Crippen LogP contribution in [0.15, 0.2) is 18.3 Å². The number of nitrogen functional groups attached to an aromatic ring is 1. The molecule has 0 bridgehead atoms. The van der Waals surface area contributed by atoms with Crippen LogP contribution in [0.1, 0.15) is 10.5 Å². The highest BCUT2D eigenvalue weighted by Gasteiger charge is 2.09. The summed E-state index contributed by atoms with van der Waals surface area (Å²) in [6.45, 7) is -0.0698. The van der Waals surface area contributed by atoms with Crippen LogP contribution in [0.2, 0.25) is 0 Å². The van der Waals surface area contributed by atoms with E-state index in [9.17, 15) is 13.2 Å². The fourth-order valence-electron chi connectivity index (χ4n) is 1.04. The summed E-state index contributed by atoms with van der Waals surface area (Å²) in [6, 6.07) is 3.02. The lowest BCUT2D eigenvalue weighted by Crippen LogP contribution is -2.32. The molecule has 0 saturated carbocycles. The number of anilines is 1. The molecule has 1 aromatic heterocycles. The molecule has 94 valence electrons. The number of carbonyl (C=O) groups excluding carboxylic acids is 1. The Bertz CT molecular complexity index is 502. The van der Waals surface area contributed by atoms with Crippen LogP contribution in [-0.2, 0) is 10.0 Å². The Labute approximate surface area is 98.4 Å². The topological polar surface area (TPSA) is 140 Å². The molecule has 0 aromatic carbocycles. The maximum Gasteiger partial charge on any atom is 0.269 e. The molecule has 0 radical (unpaired) electrons. The minimum atomic E-state index is -3.58. The van der Waals surface area contributed by atoms with Gasteiger partial charge >= 0.3 is 0 Å². The van der Waals surface area contributed by atoms with Crippen LogP contribution in [0.5, 0.6) is 0 Å². The standard InChI is InChI=1S/C8H13N5O3S/c9-13-6-1-2-11-7(5-6)8(14)12-3-4-17(10,15)16/h1-2,5H,3-4,9H2,(H,11,13)(H,12,14)(H2,10,15,16). The van der Waals surface area contributed by atoms with Gasteiger partial charge in [0.1, 0.15) is 5.69 Å². The molecule has 0 atom stereocenters. The smallest absolute Gasteiger partial charge is 0.269 e. The lowest BCUT2D eigenvalue weighted by atomic mass is 10.3. The molecular weight excluding hydrogens is 246 g/mol. The van der Waals surface area contributed by atoms with E-state index in [1.165, 1.54) is 12.3 Å². The maximum absolute atomic E-state index is 11.5. The number of nitrogens with one attached hydrogen (secondary N) is 2. The van der Waals surface area contributed by atoms with Crippen molar-refractivity contribution in [1.29, 1.82) is 0 Å². The Morgan fingerprint density at radius 2 is 2.18 bits per heavy atom. The van der Waals surface area contributed by atoms with Crippen LogP contribution in [-0.4, -0.2) is 31.6 Å². The third-order valence-electron chi connectivity index (χ3n) is 1.83. The number of sulfonamides is 1. The van der Waals surface area contributed by atoms with Gasteiger partial charge in [-0.3, -0.25) is 15.6 Å². The number of hydrogen-bond acceptors (Lipinski definition) is 6. The van der Waals surface area contributed by atoms with E-state index in [4.69, 9.17) is 11.0 Å². The Kier molecular flexibility index (Phi) is 4.37. The Morgan fingerprint density at radius 1 is 1.47 bits per heavy atom. The first kappa shape index (κ1) is 13.4. The van der Waals surface area contributed by atoms with Gasteiger partial charge in [-0.25, -0.2) is 13.6 Å². The van der Waals surface area contributed by atoms with Crippen molar-refractivity contribution in [3.05, 3.63) is 24.0 Å². The summed E-state index contributed by atoms with van der Waals surface area (Å²) in [5.41, 5.74) is 3.03. The van der Waals surface area contributed by atoms with Crippen LogP contribution < -0.4 is 21.7 Å². The first-order valence-electron chi connectivity index (χ1n) is 4.64. The fourth-order valence-corrected chi connectivity index (χ4v) is 1.43. The minimum Gasteiger partial charge on any atom is -0.350 e. The van der Waals surface area contributed by atoms with E-state index >= 15 is 0 Å². The first-order chi connectivity index (χ1) is 7.92. The van der Waals surface area contributed by atoms with Gasteiger partial charge in [0.2, 0.25) is 10.0 Å². The first-order valence-corrected chi connectivity index (χ1v) is 6.35. The zero-order chi connectivity index (χ0) is 12.9. The summed E-state index contributed by atoms with van der Waals surface area (Å²) in [4.78, 5) is 15.3. The molecule has 1 heterocycles. The Balaban J connectivity index is 2.58. The van der Waals surface area contributed by atoms with Gasteiger partial charge < -0.3 is 10.7 Å². The molecule has 0 spiro atoms. The summed E-state index contributed by atoms with van der Waals surface area (Å²) in [7, 11) is -3.58. The third-order valence-corrected chi connectivity index (χ3v) is 2.60. The number of nitrogens with zero attached hydrogens (tertiary/aromatic N) is 1. The molecule has 0 unspecified atom stereocenters. The van der Waals surface area contributed by atoms with Crippen LogP contribution in [0.25, 0.3) is 0 Å². The number of aromatic nitrogens is 1. The second-order valence-electron chi connectivity index (χ2n) is 3.20. The summed E-state index contributed by atoms with van der Waals surface area (Å²) in [5.74, 6) is 4.35. The quantitative estimate of drug-likeness (QED) is 0.370. The van der Waals surface area contributed by atoms with E-state index in [-0.39, 0.29) is 18.0 Å². The number of carbonyl (C=O) groups is 1. The number of rotatable bonds is 5. The van der Waals surface area contributed by atoms with Gasteiger partial charge in [-0.1, -0.05) is 0 Å². The number of hydrazine groups is 1. The van der Waals surface area contributed by atoms with E-state index < -0.39 is 15.9 Å². The van der Waals surface area contributed by atoms with E-state index in [2.05, 4.69) is 15.7 Å². The molecule has 6 N–H and O–H groups in total. The second kappa shape index (κ2) is 5.57. The van der Waals surface area contributed by atoms with Gasteiger partial charge in [0.05, 0.1) is 11.4 Å². The average Bonchev–Trinajstić information content (AvgIpc) is 2.27. The van der Waals surface area contributed by atoms with Crippen molar-refractivity contribution in [2.45, 2.75) is 0 Å². The third kappa shape index (κ3) is 4.76. The number of primary sulfonamides is 1. The van der Waals surface area contributed by atoms with Crippen LogP contribution in [0, 0.1) is 0 Å². The number of nitrogens with two attached hydrogens (primary N) is 2. The molecule has 8 nitrogen and oxygen atoms in total. The summed E-state index contributed by atoms with van der Waals surface area (Å²) in [6.07, 6.45) is 1.41. The van der Waals surface area contributed by atoms with Crippen LogP contribution >= 0.6 is 0 Å². The van der Waals surface area contributed by atoms with Gasteiger partial charge in [0.25, 0.3) is 5.91 Å². The SMILES string of the molecule is NNc1ccnc(C(=O)NCCS(N)(=O)=O)c1. The molecule has 0 aliphatic heterocycles. The van der Waals surface area contributed by atoms with Crippen molar-refractivity contribution < 1.29 is 13.2 Å². The van der Waals surface area contributed by atoms with Gasteiger partial charge in [0.15, 0.2) is 0 Å². The molecule has 1 amide bonds. The molecule has 9 heteroatoms. The van der Waals surface area contributed by atoms with Crippen molar-refractivity contribution in [1.82, 2.24) is 10.3 Å².